The van der Waals surface area contributed by atoms with E-state index in [-0.39, 0.29) is 31.3 Å². The van der Waals surface area contributed by atoms with E-state index in [2.05, 4.69) is 27.4 Å². The summed E-state index contributed by atoms with van der Waals surface area (Å²) in [5.74, 6) is 1.33. The van der Waals surface area contributed by atoms with E-state index >= 15 is 0 Å². The number of urea groups is 1. The summed E-state index contributed by atoms with van der Waals surface area (Å²) in [6.07, 6.45) is 3.32. The van der Waals surface area contributed by atoms with Crippen molar-refractivity contribution in [2.45, 2.75) is 32.5 Å². The summed E-state index contributed by atoms with van der Waals surface area (Å²) in [6, 6.07) is 13.2. The van der Waals surface area contributed by atoms with Gasteiger partial charge in [-0.25, -0.2) is 4.79 Å². The number of carbonyl (C=O) groups is 2. The van der Waals surface area contributed by atoms with Gasteiger partial charge in [-0.05, 0) is 62.0 Å². The Balaban J connectivity index is 1.34. The second kappa shape index (κ2) is 12.4. The number of pyridine rings is 1. The molecule has 5 rings (SSSR count). The van der Waals surface area contributed by atoms with E-state index < -0.39 is 12.1 Å². The van der Waals surface area contributed by atoms with Crippen LogP contribution in [-0.2, 0) is 6.54 Å². The lowest BCUT2D eigenvalue weighted by molar-refractivity contribution is 0.0341. The van der Waals surface area contributed by atoms with Crippen LogP contribution < -0.4 is 24.8 Å². The molecule has 1 aromatic heterocycles. The van der Waals surface area contributed by atoms with Crippen LogP contribution in [0.15, 0.2) is 60.9 Å². The maximum absolute atomic E-state index is 13.7. The quantitative estimate of drug-likeness (QED) is 0.379. The second-order valence-corrected chi connectivity index (χ2v) is 10.5. The summed E-state index contributed by atoms with van der Waals surface area (Å²) in [6.45, 7) is 5.60. The number of aliphatic hydroxyl groups is 1. The van der Waals surface area contributed by atoms with Crippen molar-refractivity contribution in [1.29, 1.82) is 0 Å². The van der Waals surface area contributed by atoms with E-state index in [9.17, 15) is 14.7 Å². The third-order valence-corrected chi connectivity index (χ3v) is 7.25. The van der Waals surface area contributed by atoms with Crippen molar-refractivity contribution in [3.63, 3.8) is 0 Å². The van der Waals surface area contributed by atoms with Gasteiger partial charge < -0.3 is 34.9 Å². The third-order valence-electron chi connectivity index (χ3n) is 7.25. The van der Waals surface area contributed by atoms with E-state index in [1.54, 1.807) is 53.7 Å². The fraction of sp³-hybridized carbons (Fsp3) is 0.367. The van der Waals surface area contributed by atoms with Crippen molar-refractivity contribution >= 4 is 23.3 Å². The van der Waals surface area contributed by atoms with Crippen molar-refractivity contribution in [1.82, 2.24) is 14.8 Å². The van der Waals surface area contributed by atoms with E-state index in [4.69, 9.17) is 14.2 Å². The molecule has 0 saturated carbocycles. The molecule has 11 heteroatoms. The van der Waals surface area contributed by atoms with E-state index in [0.29, 0.717) is 47.3 Å². The first-order valence-electron chi connectivity index (χ1n) is 13.6. The average Bonchev–Trinajstić information content (AvgIpc) is 3.43. The summed E-state index contributed by atoms with van der Waals surface area (Å²) < 4.78 is 17.2. The van der Waals surface area contributed by atoms with Gasteiger partial charge in [0.1, 0.15) is 11.9 Å². The highest BCUT2D eigenvalue weighted by atomic mass is 16.7. The van der Waals surface area contributed by atoms with Gasteiger partial charge in [0.2, 0.25) is 6.79 Å². The van der Waals surface area contributed by atoms with Crippen LogP contribution in [0.5, 0.6) is 17.2 Å². The molecule has 0 aliphatic carbocycles. The van der Waals surface area contributed by atoms with E-state index in [1.165, 1.54) is 0 Å². The molecule has 3 N–H and O–H groups in total. The molecule has 2 aromatic carbocycles. The van der Waals surface area contributed by atoms with Gasteiger partial charge in [0.05, 0.1) is 18.2 Å². The molecule has 0 spiro atoms. The van der Waals surface area contributed by atoms with Crippen molar-refractivity contribution in [2.75, 3.05) is 44.2 Å². The Morgan fingerprint density at radius 3 is 2.49 bits per heavy atom. The number of aromatic nitrogens is 1. The van der Waals surface area contributed by atoms with Crippen LogP contribution in [0.25, 0.3) is 0 Å². The van der Waals surface area contributed by atoms with Crippen LogP contribution in [-0.4, -0.2) is 77.5 Å². The van der Waals surface area contributed by atoms with Gasteiger partial charge in [0, 0.05) is 55.4 Å². The lowest BCUT2D eigenvalue weighted by Crippen LogP contribution is -2.49. The zero-order chi connectivity index (χ0) is 28.9. The minimum absolute atomic E-state index is 0.00808. The monoisotopic (exact) mass is 561 g/mol. The Hall–Kier alpha value is -4.35. The number of anilines is 2. The van der Waals surface area contributed by atoms with Gasteiger partial charge >= 0.3 is 6.03 Å². The first-order valence-corrected chi connectivity index (χ1v) is 13.6. The minimum Gasteiger partial charge on any atom is -0.488 e. The fourth-order valence-corrected chi connectivity index (χ4v) is 4.96. The lowest BCUT2D eigenvalue weighted by atomic mass is 9.99. The van der Waals surface area contributed by atoms with Gasteiger partial charge in [0.25, 0.3) is 5.91 Å². The highest BCUT2D eigenvalue weighted by Gasteiger charge is 2.33. The van der Waals surface area contributed by atoms with Crippen LogP contribution in [0, 0.1) is 5.92 Å². The summed E-state index contributed by atoms with van der Waals surface area (Å²) in [4.78, 5) is 34.4. The van der Waals surface area contributed by atoms with Crippen molar-refractivity contribution in [3.05, 3.63) is 72.1 Å². The van der Waals surface area contributed by atoms with Gasteiger partial charge in [-0.15, -0.1) is 0 Å². The molecule has 2 aliphatic rings. The van der Waals surface area contributed by atoms with Gasteiger partial charge in [-0.1, -0.05) is 6.92 Å². The number of nitrogens with zero attached hydrogens (tertiary/aromatic N) is 3. The van der Waals surface area contributed by atoms with Gasteiger partial charge in [-0.3, -0.25) is 14.7 Å². The maximum Gasteiger partial charge on any atom is 0.323 e. The van der Waals surface area contributed by atoms with E-state index in [0.717, 1.165) is 12.1 Å². The summed E-state index contributed by atoms with van der Waals surface area (Å²) in [7, 11) is 2.03. The molecule has 0 radical (unpaired) electrons. The average molecular weight is 562 g/mol. The number of amides is 3. The third kappa shape index (κ3) is 6.69. The molecule has 3 aromatic rings. The Morgan fingerprint density at radius 1 is 1.07 bits per heavy atom. The number of aliphatic hydroxyl groups excluding tert-OH is 1. The molecule has 2 aliphatic heterocycles. The number of likely N-dealkylation sites (N-methyl/N-ethyl adjacent to an activating group) is 1. The molecule has 0 saturated heterocycles. The normalized spacial score (nSPS) is 18.7. The molecule has 0 bridgehead atoms. The summed E-state index contributed by atoms with van der Waals surface area (Å²) >= 11 is 0. The maximum atomic E-state index is 13.7. The summed E-state index contributed by atoms with van der Waals surface area (Å²) in [5.41, 5.74) is 2.42. The topological polar surface area (TPSA) is 125 Å². The molecule has 3 atom stereocenters. The van der Waals surface area contributed by atoms with Crippen molar-refractivity contribution in [3.8, 4) is 17.2 Å². The Morgan fingerprint density at radius 2 is 1.76 bits per heavy atom. The van der Waals surface area contributed by atoms with Crippen LogP contribution >= 0.6 is 0 Å². The standard InChI is InChI=1S/C30H35N5O6/c1-19-14-35(20(2)17-36)29(37)24-12-22(32-30(38)33-23-5-7-26-27(13-23)40-18-39-26)4-6-25(24)41-28(19)16-34(3)15-21-8-10-31-11-9-21/h4-13,19-20,28,36H,14-18H2,1-3H3,(H2,32,33,38)/t19-,20-,28-/m1/s1. The molecule has 3 heterocycles. The SMILES string of the molecule is C[C@@H]1CN([C@H](C)CO)C(=O)c2cc(NC(=O)Nc3ccc4c(c3)OCO4)ccc2O[C@@H]1CN(C)Cc1ccncc1. The number of hydrogen-bond donors (Lipinski definition) is 3. The lowest BCUT2D eigenvalue weighted by Gasteiger charge is -2.38. The molecule has 11 nitrogen and oxygen atoms in total. The fourth-order valence-electron chi connectivity index (χ4n) is 4.96. The van der Waals surface area contributed by atoms with Gasteiger partial charge in [0.15, 0.2) is 11.5 Å². The number of nitrogens with one attached hydrogen (secondary N) is 2. The molecular formula is C30H35N5O6. The predicted octanol–water partition coefficient (Wildman–Crippen LogP) is 3.81. The molecule has 216 valence electrons. The number of hydrogen-bond acceptors (Lipinski definition) is 8. The van der Waals surface area contributed by atoms with Gasteiger partial charge in [-0.2, -0.15) is 0 Å². The van der Waals surface area contributed by atoms with Crippen molar-refractivity contribution < 1.29 is 28.9 Å². The number of benzene rings is 2. The second-order valence-electron chi connectivity index (χ2n) is 10.5. The molecule has 3 amide bonds. The van der Waals surface area contributed by atoms with Crippen LogP contribution in [0.2, 0.25) is 0 Å². The molecule has 0 fully saturated rings. The number of fused-ring (bicyclic) bond motifs is 2. The van der Waals surface area contributed by atoms with E-state index in [1.807, 2.05) is 26.1 Å². The summed E-state index contributed by atoms with van der Waals surface area (Å²) in [5, 5.41) is 15.5. The molecular weight excluding hydrogens is 526 g/mol. The predicted molar refractivity (Wildman–Crippen MR) is 153 cm³/mol. The number of rotatable bonds is 8. The zero-order valence-electron chi connectivity index (χ0n) is 23.4. The smallest absolute Gasteiger partial charge is 0.323 e. The highest BCUT2D eigenvalue weighted by molar-refractivity contribution is 6.02. The Bertz CT molecular complexity index is 1390. The molecule has 0 unspecified atom stereocenters. The Kier molecular flexibility index (Phi) is 8.55. The molecule has 41 heavy (non-hydrogen) atoms. The van der Waals surface area contributed by atoms with Crippen molar-refractivity contribution in [2.24, 2.45) is 5.92 Å². The van der Waals surface area contributed by atoms with Crippen LogP contribution in [0.1, 0.15) is 29.8 Å². The first-order chi connectivity index (χ1) is 19.8. The van der Waals surface area contributed by atoms with Crippen LogP contribution in [0.4, 0.5) is 16.2 Å². The number of ether oxygens (including phenoxy) is 3. The largest absolute Gasteiger partial charge is 0.488 e. The minimum atomic E-state index is -0.479. The zero-order valence-corrected chi connectivity index (χ0v) is 23.4. The number of carbonyl (C=O) groups excluding carboxylic acids is 2. The highest BCUT2D eigenvalue weighted by Crippen LogP contribution is 2.34. The Labute approximate surface area is 239 Å². The first kappa shape index (κ1) is 28.2. The van der Waals surface area contributed by atoms with Crippen LogP contribution in [0.3, 0.4) is 0 Å².